The van der Waals surface area contributed by atoms with Crippen LogP contribution in [0.25, 0.3) is 0 Å². The van der Waals surface area contributed by atoms with Gasteiger partial charge in [-0.2, -0.15) is 0 Å². The van der Waals surface area contributed by atoms with E-state index in [9.17, 15) is 4.79 Å². The Morgan fingerprint density at radius 1 is 1.22 bits per heavy atom. The summed E-state index contributed by atoms with van der Waals surface area (Å²) in [4.78, 5) is 12.4. The highest BCUT2D eigenvalue weighted by molar-refractivity contribution is 5.99. The predicted molar refractivity (Wildman–Crippen MR) is 75.9 cm³/mol. The van der Waals surface area contributed by atoms with E-state index < -0.39 is 0 Å². The summed E-state index contributed by atoms with van der Waals surface area (Å²) in [5, 5.41) is 0. The van der Waals surface area contributed by atoms with Crippen LogP contribution in [-0.4, -0.2) is 5.78 Å². The molecule has 1 nitrogen and oxygen atoms in total. The average Bonchev–Trinajstić information content (AvgIpc) is 2.80. The molecule has 0 amide bonds. The Labute approximate surface area is 109 Å². The van der Waals surface area contributed by atoms with E-state index >= 15 is 0 Å². The second-order valence-electron chi connectivity index (χ2n) is 5.85. The number of ketones is 1. The number of Topliss-reactive ketones (excluding diaryl/α,β-unsaturated/α-hetero) is 1. The fraction of sp³-hybridized carbons (Fsp3) is 0.353. The Kier molecular flexibility index (Phi) is 3.51. The van der Waals surface area contributed by atoms with Crippen molar-refractivity contribution < 1.29 is 4.79 Å². The van der Waals surface area contributed by atoms with Crippen molar-refractivity contribution in [2.24, 2.45) is 0 Å². The summed E-state index contributed by atoms with van der Waals surface area (Å²) in [6.45, 7) is 6.44. The molecule has 0 N–H and O–H groups in total. The van der Waals surface area contributed by atoms with Gasteiger partial charge in [0.1, 0.15) is 0 Å². The average molecular weight is 240 g/mol. The second kappa shape index (κ2) is 4.93. The number of benzene rings is 1. The van der Waals surface area contributed by atoms with Crippen LogP contribution in [0.5, 0.6) is 0 Å². The second-order valence-corrected chi connectivity index (χ2v) is 5.85. The van der Waals surface area contributed by atoms with Crippen LogP contribution in [0, 0.1) is 0 Å². The Morgan fingerprint density at radius 2 is 1.94 bits per heavy atom. The molecule has 0 saturated heterocycles. The molecular formula is C17H20O. The molecule has 0 aromatic heterocycles. The van der Waals surface area contributed by atoms with Gasteiger partial charge < -0.3 is 0 Å². The molecule has 18 heavy (non-hydrogen) atoms. The minimum atomic E-state index is 0.00849. The Morgan fingerprint density at radius 3 is 2.56 bits per heavy atom. The molecule has 0 atom stereocenters. The lowest BCUT2D eigenvalue weighted by Gasteiger charge is -2.22. The van der Waals surface area contributed by atoms with Crippen molar-refractivity contribution in [1.29, 1.82) is 0 Å². The maximum Gasteiger partial charge on any atom is 0.167 e. The van der Waals surface area contributed by atoms with Gasteiger partial charge in [0.05, 0.1) is 0 Å². The first-order chi connectivity index (χ1) is 8.48. The van der Waals surface area contributed by atoms with Gasteiger partial charge >= 0.3 is 0 Å². The van der Waals surface area contributed by atoms with Crippen LogP contribution in [0.1, 0.15) is 49.5 Å². The summed E-state index contributed by atoms with van der Waals surface area (Å²) in [6, 6.07) is 7.97. The lowest BCUT2D eigenvalue weighted by molar-refractivity contribution is 0.0990. The van der Waals surface area contributed by atoms with Crippen LogP contribution < -0.4 is 0 Å². The Hall–Kier alpha value is -1.63. The maximum atomic E-state index is 12.4. The molecule has 1 aromatic carbocycles. The molecule has 0 heterocycles. The van der Waals surface area contributed by atoms with Crippen LogP contribution in [0.4, 0.5) is 0 Å². The van der Waals surface area contributed by atoms with Crippen molar-refractivity contribution in [3.63, 3.8) is 0 Å². The topological polar surface area (TPSA) is 17.1 Å². The van der Waals surface area contributed by atoms with Crippen molar-refractivity contribution in [1.82, 2.24) is 0 Å². The zero-order valence-electron chi connectivity index (χ0n) is 11.4. The van der Waals surface area contributed by atoms with Crippen LogP contribution >= 0.6 is 0 Å². The molecule has 0 saturated carbocycles. The fourth-order valence-electron chi connectivity index (χ4n) is 2.30. The first-order valence-electron chi connectivity index (χ1n) is 6.46. The minimum absolute atomic E-state index is 0.00849. The number of rotatable bonds is 3. The van der Waals surface area contributed by atoms with Gasteiger partial charge in [-0.15, -0.1) is 0 Å². The fourth-order valence-corrected chi connectivity index (χ4v) is 2.30. The summed E-state index contributed by atoms with van der Waals surface area (Å²) in [5.41, 5.74) is 3.23. The van der Waals surface area contributed by atoms with Gasteiger partial charge in [0.15, 0.2) is 5.78 Å². The van der Waals surface area contributed by atoms with E-state index in [0.29, 0.717) is 6.42 Å². The molecule has 0 aliphatic heterocycles. The molecule has 0 unspecified atom stereocenters. The van der Waals surface area contributed by atoms with Gasteiger partial charge in [-0.3, -0.25) is 4.79 Å². The molecule has 0 spiro atoms. The number of carbonyl (C=O) groups excluding carboxylic acids is 1. The van der Waals surface area contributed by atoms with Crippen LogP contribution in [-0.2, 0) is 5.41 Å². The number of allylic oxidation sites excluding steroid dienone is 4. The first-order valence-corrected chi connectivity index (χ1v) is 6.46. The van der Waals surface area contributed by atoms with Gasteiger partial charge in [-0.1, -0.05) is 68.8 Å². The maximum absolute atomic E-state index is 12.4. The quantitative estimate of drug-likeness (QED) is 0.714. The van der Waals surface area contributed by atoms with Crippen molar-refractivity contribution in [3.05, 3.63) is 59.2 Å². The zero-order chi connectivity index (χ0) is 13.2. The van der Waals surface area contributed by atoms with Gasteiger partial charge in [-0.05, 0) is 17.4 Å². The van der Waals surface area contributed by atoms with Gasteiger partial charge in [0, 0.05) is 12.0 Å². The van der Waals surface area contributed by atoms with Gasteiger partial charge in [0.25, 0.3) is 0 Å². The van der Waals surface area contributed by atoms with Crippen molar-refractivity contribution in [2.45, 2.75) is 39.0 Å². The molecule has 1 aliphatic rings. The summed E-state index contributed by atoms with van der Waals surface area (Å²) in [6.07, 6.45) is 7.64. The summed E-state index contributed by atoms with van der Waals surface area (Å²) < 4.78 is 0. The highest BCUT2D eigenvalue weighted by Crippen LogP contribution is 2.28. The normalized spacial score (nSPS) is 14.7. The molecule has 1 aliphatic carbocycles. The van der Waals surface area contributed by atoms with Gasteiger partial charge in [0.2, 0.25) is 0 Å². The van der Waals surface area contributed by atoms with E-state index in [1.165, 1.54) is 5.57 Å². The van der Waals surface area contributed by atoms with E-state index in [-0.39, 0.29) is 11.2 Å². The summed E-state index contributed by atoms with van der Waals surface area (Å²) in [7, 11) is 0. The smallest absolute Gasteiger partial charge is 0.167 e. The number of carbonyl (C=O) groups is 1. The SMILES string of the molecule is CC(C)(C)c1ccccc1C(=O)CC1=CC=CC1. The molecule has 1 aromatic rings. The molecule has 0 radical (unpaired) electrons. The summed E-state index contributed by atoms with van der Waals surface area (Å²) in [5.74, 6) is 0.232. The predicted octanol–water partition coefficient (Wildman–Crippen LogP) is 4.44. The Balaban J connectivity index is 2.25. The molecule has 2 rings (SSSR count). The van der Waals surface area contributed by atoms with Gasteiger partial charge in [-0.25, -0.2) is 0 Å². The minimum Gasteiger partial charge on any atom is -0.294 e. The summed E-state index contributed by atoms with van der Waals surface area (Å²) >= 11 is 0. The van der Waals surface area contributed by atoms with E-state index in [1.54, 1.807) is 0 Å². The molecular weight excluding hydrogens is 220 g/mol. The van der Waals surface area contributed by atoms with Crippen molar-refractivity contribution >= 4 is 5.78 Å². The van der Waals surface area contributed by atoms with Crippen LogP contribution in [0.3, 0.4) is 0 Å². The lowest BCUT2D eigenvalue weighted by atomic mass is 9.82. The third-order valence-corrected chi connectivity index (χ3v) is 3.27. The van der Waals surface area contributed by atoms with Crippen LogP contribution in [0.15, 0.2) is 48.1 Å². The number of hydrogen-bond acceptors (Lipinski definition) is 1. The van der Waals surface area contributed by atoms with Crippen LogP contribution in [0.2, 0.25) is 0 Å². The standard InChI is InChI=1S/C17H20O/c1-17(2,3)15-11-7-6-10-14(15)16(18)12-13-8-4-5-9-13/h4-8,10-11H,9,12H2,1-3H3. The highest BCUT2D eigenvalue weighted by atomic mass is 16.1. The van der Waals surface area contributed by atoms with E-state index in [1.807, 2.05) is 24.3 Å². The highest BCUT2D eigenvalue weighted by Gasteiger charge is 2.21. The molecule has 0 bridgehead atoms. The van der Waals surface area contributed by atoms with E-state index in [2.05, 4.69) is 39.0 Å². The third kappa shape index (κ3) is 2.79. The van der Waals surface area contributed by atoms with Crippen molar-refractivity contribution in [3.8, 4) is 0 Å². The third-order valence-electron chi connectivity index (χ3n) is 3.27. The first kappa shape index (κ1) is 12.8. The molecule has 0 fully saturated rings. The zero-order valence-corrected chi connectivity index (χ0v) is 11.4. The largest absolute Gasteiger partial charge is 0.294 e. The Bertz CT molecular complexity index is 513. The van der Waals surface area contributed by atoms with E-state index in [4.69, 9.17) is 0 Å². The molecule has 94 valence electrons. The van der Waals surface area contributed by atoms with E-state index in [0.717, 1.165) is 17.5 Å². The number of hydrogen-bond donors (Lipinski definition) is 0. The van der Waals surface area contributed by atoms with Crippen molar-refractivity contribution in [2.75, 3.05) is 0 Å². The monoisotopic (exact) mass is 240 g/mol. The molecule has 1 heteroatoms. The lowest BCUT2D eigenvalue weighted by Crippen LogP contribution is -2.17.